The summed E-state index contributed by atoms with van der Waals surface area (Å²) in [5.74, 6) is 1.17. The third-order valence-corrected chi connectivity index (χ3v) is 5.79. The van der Waals surface area contributed by atoms with Crippen molar-refractivity contribution in [2.45, 2.75) is 77.7 Å². The van der Waals surface area contributed by atoms with Crippen LogP contribution in [-0.2, 0) is 22.6 Å². The Bertz CT molecular complexity index is 477. The highest BCUT2D eigenvalue weighted by Crippen LogP contribution is 2.35. The average molecular weight is 350 g/mol. The van der Waals surface area contributed by atoms with E-state index in [1.54, 1.807) is 0 Å². The van der Waals surface area contributed by atoms with E-state index in [-0.39, 0.29) is 0 Å². The summed E-state index contributed by atoms with van der Waals surface area (Å²) < 4.78 is 14.2. The van der Waals surface area contributed by atoms with Crippen molar-refractivity contribution in [3.8, 4) is 0 Å². The minimum atomic E-state index is 0.403. The van der Waals surface area contributed by atoms with E-state index >= 15 is 0 Å². The number of ether oxygens (including phenoxy) is 2. The molecule has 1 N–H and O–H groups in total. The van der Waals surface area contributed by atoms with E-state index in [1.165, 1.54) is 31.4 Å². The van der Waals surface area contributed by atoms with Gasteiger partial charge in [-0.2, -0.15) is 5.10 Å². The van der Waals surface area contributed by atoms with Crippen LogP contribution in [0.2, 0.25) is 0 Å². The molecule has 2 saturated heterocycles. The highest BCUT2D eigenvalue weighted by atomic mass is 16.5. The molecule has 0 spiro atoms. The summed E-state index contributed by atoms with van der Waals surface area (Å²) >= 11 is 0. The largest absolute Gasteiger partial charge is 0.378 e. The lowest BCUT2D eigenvalue weighted by atomic mass is 9.80. The van der Waals surface area contributed by atoms with Crippen LogP contribution >= 0.6 is 0 Å². The lowest BCUT2D eigenvalue weighted by Crippen LogP contribution is -2.37. The van der Waals surface area contributed by atoms with Crippen LogP contribution in [0.3, 0.4) is 0 Å². The summed E-state index contributed by atoms with van der Waals surface area (Å²) in [5, 5.41) is 8.00. The van der Waals surface area contributed by atoms with Crippen LogP contribution in [0, 0.1) is 11.8 Å². The summed E-state index contributed by atoms with van der Waals surface area (Å²) in [6, 6.07) is 2.12. The molecule has 0 aliphatic carbocycles. The second kappa shape index (κ2) is 9.70. The molecule has 3 rings (SSSR count). The first-order chi connectivity index (χ1) is 12.3. The normalized spacial score (nSPS) is 26.2. The number of nitrogens with one attached hydrogen (secondary N) is 1. The summed E-state index contributed by atoms with van der Waals surface area (Å²) in [6.45, 7) is 8.27. The summed E-state index contributed by atoms with van der Waals surface area (Å²) in [7, 11) is 0. The molecule has 0 amide bonds. The molecular weight excluding hydrogens is 314 g/mol. The number of aromatic nitrogens is 2. The van der Waals surface area contributed by atoms with Crippen LogP contribution in [0.5, 0.6) is 0 Å². The lowest BCUT2D eigenvalue weighted by molar-refractivity contribution is -0.0416. The van der Waals surface area contributed by atoms with Gasteiger partial charge in [0.05, 0.1) is 18.9 Å². The maximum atomic E-state index is 6.04. The van der Waals surface area contributed by atoms with Crippen molar-refractivity contribution in [1.82, 2.24) is 15.1 Å². The van der Waals surface area contributed by atoms with Crippen molar-refractivity contribution in [2.75, 3.05) is 19.8 Å². The molecule has 2 fully saturated rings. The van der Waals surface area contributed by atoms with Gasteiger partial charge in [0.2, 0.25) is 0 Å². The van der Waals surface area contributed by atoms with Gasteiger partial charge in [0.25, 0.3) is 0 Å². The van der Waals surface area contributed by atoms with Gasteiger partial charge in [-0.3, -0.25) is 10.00 Å². The molecule has 25 heavy (non-hydrogen) atoms. The van der Waals surface area contributed by atoms with Gasteiger partial charge < -0.3 is 9.47 Å². The number of hydrogen-bond donors (Lipinski definition) is 1. The van der Waals surface area contributed by atoms with Crippen molar-refractivity contribution in [3.63, 3.8) is 0 Å². The predicted octanol–water partition coefficient (Wildman–Crippen LogP) is 3.38. The Morgan fingerprint density at radius 1 is 1.24 bits per heavy atom. The van der Waals surface area contributed by atoms with E-state index in [4.69, 9.17) is 9.47 Å². The standard InChI is InChI=1S/C20H35N3O2/c1-3-6-17-10-12-22-23(17)15-21-11-9-16(2)20(18-7-4-13-24-18)19-8-5-14-25-19/h10,12,16,18-21H,3-9,11,13-15H2,1-2H3. The molecule has 5 nitrogen and oxygen atoms in total. The fourth-order valence-corrected chi connectivity index (χ4v) is 4.46. The fraction of sp³-hybridized carbons (Fsp3) is 0.850. The van der Waals surface area contributed by atoms with Crippen molar-refractivity contribution in [1.29, 1.82) is 0 Å². The second-order valence-electron chi connectivity index (χ2n) is 7.68. The Balaban J connectivity index is 1.46. The second-order valence-corrected chi connectivity index (χ2v) is 7.68. The van der Waals surface area contributed by atoms with E-state index in [0.29, 0.717) is 24.0 Å². The zero-order chi connectivity index (χ0) is 17.5. The van der Waals surface area contributed by atoms with Crippen molar-refractivity contribution in [3.05, 3.63) is 18.0 Å². The molecule has 142 valence electrons. The maximum absolute atomic E-state index is 6.04. The maximum Gasteiger partial charge on any atom is 0.0906 e. The molecule has 0 aromatic carbocycles. The Morgan fingerprint density at radius 3 is 2.56 bits per heavy atom. The lowest BCUT2D eigenvalue weighted by Gasteiger charge is -2.33. The van der Waals surface area contributed by atoms with Crippen LogP contribution in [-0.4, -0.2) is 41.7 Å². The highest BCUT2D eigenvalue weighted by molar-refractivity contribution is 5.00. The van der Waals surface area contributed by atoms with Gasteiger partial charge in [-0.1, -0.05) is 20.3 Å². The molecule has 0 saturated carbocycles. The van der Waals surface area contributed by atoms with Gasteiger partial charge in [-0.05, 0) is 57.1 Å². The summed E-state index contributed by atoms with van der Waals surface area (Å²) in [6.07, 6.45) is 10.9. The molecule has 3 heterocycles. The number of hydrogen-bond acceptors (Lipinski definition) is 4. The van der Waals surface area contributed by atoms with Crippen molar-refractivity contribution in [2.24, 2.45) is 11.8 Å². The Labute approximate surface area is 152 Å². The Kier molecular flexibility index (Phi) is 7.32. The molecule has 2 aliphatic heterocycles. The van der Waals surface area contributed by atoms with E-state index in [9.17, 15) is 0 Å². The first-order valence-electron chi connectivity index (χ1n) is 10.2. The molecular formula is C20H35N3O2. The number of aryl methyl sites for hydroxylation is 1. The zero-order valence-electron chi connectivity index (χ0n) is 16.0. The molecule has 1 aromatic rings. The van der Waals surface area contributed by atoms with Crippen molar-refractivity contribution < 1.29 is 9.47 Å². The molecule has 1 aromatic heterocycles. The molecule has 5 heteroatoms. The predicted molar refractivity (Wildman–Crippen MR) is 99.4 cm³/mol. The third kappa shape index (κ3) is 5.05. The number of rotatable bonds is 10. The average Bonchev–Trinajstić information content (AvgIpc) is 3.36. The molecule has 0 bridgehead atoms. The smallest absolute Gasteiger partial charge is 0.0906 e. The van der Waals surface area contributed by atoms with Gasteiger partial charge in [-0.15, -0.1) is 0 Å². The van der Waals surface area contributed by atoms with E-state index in [0.717, 1.165) is 45.7 Å². The summed E-state index contributed by atoms with van der Waals surface area (Å²) in [4.78, 5) is 0. The summed E-state index contributed by atoms with van der Waals surface area (Å²) in [5.41, 5.74) is 1.32. The molecule has 3 atom stereocenters. The fourth-order valence-electron chi connectivity index (χ4n) is 4.46. The Hall–Kier alpha value is -0.910. The van der Waals surface area contributed by atoms with Crippen LogP contribution < -0.4 is 5.32 Å². The first-order valence-corrected chi connectivity index (χ1v) is 10.2. The van der Waals surface area contributed by atoms with E-state index < -0.39 is 0 Å². The highest BCUT2D eigenvalue weighted by Gasteiger charge is 2.38. The van der Waals surface area contributed by atoms with Gasteiger partial charge in [0.15, 0.2) is 0 Å². The van der Waals surface area contributed by atoms with Crippen LogP contribution in [0.1, 0.15) is 58.1 Å². The number of nitrogens with zero attached hydrogens (tertiary/aromatic N) is 2. The van der Waals surface area contributed by atoms with Crippen LogP contribution in [0.25, 0.3) is 0 Å². The molecule has 0 radical (unpaired) electrons. The third-order valence-electron chi connectivity index (χ3n) is 5.79. The molecule has 3 unspecified atom stereocenters. The van der Waals surface area contributed by atoms with Gasteiger partial charge in [-0.25, -0.2) is 0 Å². The molecule has 2 aliphatic rings. The minimum absolute atomic E-state index is 0.403. The van der Waals surface area contributed by atoms with Gasteiger partial charge >= 0.3 is 0 Å². The van der Waals surface area contributed by atoms with Gasteiger partial charge in [0.1, 0.15) is 0 Å². The van der Waals surface area contributed by atoms with Crippen LogP contribution in [0.15, 0.2) is 12.3 Å². The monoisotopic (exact) mass is 349 g/mol. The van der Waals surface area contributed by atoms with Crippen LogP contribution in [0.4, 0.5) is 0 Å². The van der Waals surface area contributed by atoms with E-state index in [1.807, 2.05) is 6.20 Å². The topological polar surface area (TPSA) is 48.3 Å². The Morgan fingerprint density at radius 2 is 1.96 bits per heavy atom. The zero-order valence-corrected chi connectivity index (χ0v) is 16.0. The van der Waals surface area contributed by atoms with E-state index in [2.05, 4.69) is 35.0 Å². The minimum Gasteiger partial charge on any atom is -0.378 e. The SMILES string of the molecule is CCCc1ccnn1CNCCC(C)C(C1CCCO1)C1CCCO1. The quantitative estimate of drug-likeness (QED) is 0.658. The van der Waals surface area contributed by atoms with Crippen molar-refractivity contribution >= 4 is 0 Å². The van der Waals surface area contributed by atoms with Gasteiger partial charge in [0, 0.05) is 31.0 Å². The first kappa shape index (κ1) is 18.9.